The van der Waals surface area contributed by atoms with Gasteiger partial charge in [0.15, 0.2) is 0 Å². The van der Waals surface area contributed by atoms with Crippen molar-refractivity contribution in [3.05, 3.63) is 0 Å². The number of carbonyl (C=O) groups is 1. The van der Waals surface area contributed by atoms with Gasteiger partial charge in [-0.1, -0.05) is 0 Å². The molecule has 0 radical (unpaired) electrons. The highest BCUT2D eigenvalue weighted by Crippen LogP contribution is 2.08. The normalized spacial score (nSPS) is 19.1. The second-order valence-electron chi connectivity index (χ2n) is 3.92. The van der Waals surface area contributed by atoms with Crippen LogP contribution in [-0.2, 0) is 0 Å². The quantitative estimate of drug-likeness (QED) is 0.706. The molecular formula is C10H21N3O. The second-order valence-corrected chi connectivity index (χ2v) is 3.92. The third-order valence-electron chi connectivity index (χ3n) is 2.70. The summed E-state index contributed by atoms with van der Waals surface area (Å²) in [5.74, 6) is 0. The molecule has 4 heteroatoms. The van der Waals surface area contributed by atoms with Gasteiger partial charge < -0.3 is 15.5 Å². The lowest BCUT2D eigenvalue weighted by Crippen LogP contribution is -2.46. The van der Waals surface area contributed by atoms with Crippen molar-refractivity contribution in [3.8, 4) is 0 Å². The van der Waals surface area contributed by atoms with E-state index < -0.39 is 0 Å². The number of nitrogens with one attached hydrogen (secondary N) is 2. The number of urea groups is 1. The summed E-state index contributed by atoms with van der Waals surface area (Å²) in [5.41, 5.74) is 0. The SMILES string of the molecule is CNC(C)CNC(=O)N1CCCCC1. The van der Waals surface area contributed by atoms with Crippen LogP contribution in [0.4, 0.5) is 4.79 Å². The summed E-state index contributed by atoms with van der Waals surface area (Å²) in [6, 6.07) is 0.426. The van der Waals surface area contributed by atoms with E-state index in [1.165, 1.54) is 6.42 Å². The molecule has 1 rings (SSSR count). The molecule has 0 aromatic heterocycles. The molecule has 2 N–H and O–H groups in total. The van der Waals surface area contributed by atoms with Crippen LogP contribution in [0, 0.1) is 0 Å². The van der Waals surface area contributed by atoms with Crippen molar-refractivity contribution in [2.24, 2.45) is 0 Å². The molecule has 0 saturated carbocycles. The Morgan fingerprint density at radius 1 is 1.36 bits per heavy atom. The largest absolute Gasteiger partial charge is 0.336 e. The van der Waals surface area contributed by atoms with Gasteiger partial charge in [-0.2, -0.15) is 0 Å². The molecule has 1 aliphatic rings. The fourth-order valence-corrected chi connectivity index (χ4v) is 1.55. The molecule has 0 aromatic carbocycles. The first-order chi connectivity index (χ1) is 6.74. The summed E-state index contributed by atoms with van der Waals surface area (Å²) < 4.78 is 0. The Bertz CT molecular complexity index is 178. The Hall–Kier alpha value is -0.770. The molecule has 1 aliphatic heterocycles. The fraction of sp³-hybridized carbons (Fsp3) is 0.900. The molecule has 14 heavy (non-hydrogen) atoms. The van der Waals surface area contributed by atoms with Gasteiger partial charge in [0.1, 0.15) is 0 Å². The van der Waals surface area contributed by atoms with Crippen molar-refractivity contribution in [2.45, 2.75) is 32.2 Å². The summed E-state index contributed by atoms with van der Waals surface area (Å²) in [6.45, 7) is 4.59. The van der Waals surface area contributed by atoms with Gasteiger partial charge in [0.2, 0.25) is 0 Å². The molecule has 0 aliphatic carbocycles. The number of piperidine rings is 1. The van der Waals surface area contributed by atoms with Crippen LogP contribution in [0.3, 0.4) is 0 Å². The zero-order valence-electron chi connectivity index (χ0n) is 9.18. The van der Waals surface area contributed by atoms with Crippen molar-refractivity contribution in [1.29, 1.82) is 0 Å². The first kappa shape index (κ1) is 11.3. The number of hydrogen-bond acceptors (Lipinski definition) is 2. The summed E-state index contributed by atoms with van der Waals surface area (Å²) >= 11 is 0. The Balaban J connectivity index is 2.19. The number of likely N-dealkylation sites (tertiary alicyclic amines) is 1. The van der Waals surface area contributed by atoms with Crippen LogP contribution >= 0.6 is 0 Å². The van der Waals surface area contributed by atoms with Crippen LogP contribution in [0.1, 0.15) is 26.2 Å². The maximum absolute atomic E-state index is 11.6. The second kappa shape index (κ2) is 5.86. The van der Waals surface area contributed by atoms with Crippen molar-refractivity contribution in [2.75, 3.05) is 26.7 Å². The van der Waals surface area contributed by atoms with Crippen LogP contribution in [0.2, 0.25) is 0 Å². The monoisotopic (exact) mass is 199 g/mol. The third-order valence-corrected chi connectivity index (χ3v) is 2.70. The predicted molar refractivity (Wildman–Crippen MR) is 57.3 cm³/mol. The van der Waals surface area contributed by atoms with Gasteiger partial charge in [-0.25, -0.2) is 4.79 Å². The first-order valence-corrected chi connectivity index (χ1v) is 5.44. The van der Waals surface area contributed by atoms with Gasteiger partial charge in [0, 0.05) is 25.7 Å². The molecule has 0 bridgehead atoms. The molecule has 0 spiro atoms. The average molecular weight is 199 g/mol. The minimum atomic E-state index is 0.0896. The predicted octanol–water partition coefficient (Wildman–Crippen LogP) is 0.790. The Kier molecular flexibility index (Phi) is 4.73. The molecule has 1 heterocycles. The first-order valence-electron chi connectivity index (χ1n) is 5.44. The minimum absolute atomic E-state index is 0.0896. The number of rotatable bonds is 3. The third kappa shape index (κ3) is 3.54. The number of carbonyl (C=O) groups excluding carboxylic acids is 1. The van der Waals surface area contributed by atoms with Crippen molar-refractivity contribution in [3.63, 3.8) is 0 Å². The molecular weight excluding hydrogens is 178 g/mol. The van der Waals surface area contributed by atoms with Crippen LogP contribution in [-0.4, -0.2) is 43.7 Å². The van der Waals surface area contributed by atoms with E-state index in [0.717, 1.165) is 25.9 Å². The van der Waals surface area contributed by atoms with Gasteiger partial charge in [-0.05, 0) is 33.2 Å². The highest BCUT2D eigenvalue weighted by Gasteiger charge is 2.15. The van der Waals surface area contributed by atoms with Crippen LogP contribution < -0.4 is 10.6 Å². The van der Waals surface area contributed by atoms with Crippen LogP contribution in [0.15, 0.2) is 0 Å². The summed E-state index contributed by atoms with van der Waals surface area (Å²) in [6.07, 6.45) is 3.56. The molecule has 1 saturated heterocycles. The highest BCUT2D eigenvalue weighted by atomic mass is 16.2. The van der Waals surface area contributed by atoms with E-state index in [-0.39, 0.29) is 6.03 Å². The molecule has 2 amide bonds. The van der Waals surface area contributed by atoms with Crippen molar-refractivity contribution < 1.29 is 4.79 Å². The minimum Gasteiger partial charge on any atom is -0.336 e. The van der Waals surface area contributed by atoms with E-state index in [4.69, 9.17) is 0 Å². The number of amides is 2. The Morgan fingerprint density at radius 3 is 2.57 bits per heavy atom. The number of likely N-dealkylation sites (N-methyl/N-ethyl adjacent to an activating group) is 1. The smallest absolute Gasteiger partial charge is 0.317 e. The zero-order valence-corrected chi connectivity index (χ0v) is 9.18. The molecule has 1 unspecified atom stereocenters. The molecule has 0 aromatic rings. The highest BCUT2D eigenvalue weighted by molar-refractivity contribution is 5.74. The maximum atomic E-state index is 11.6. The topological polar surface area (TPSA) is 44.4 Å². The zero-order chi connectivity index (χ0) is 10.4. The van der Waals surface area contributed by atoms with Crippen molar-refractivity contribution >= 4 is 6.03 Å². The lowest BCUT2D eigenvalue weighted by atomic mass is 10.1. The van der Waals surface area contributed by atoms with Gasteiger partial charge in [0.25, 0.3) is 0 Å². The van der Waals surface area contributed by atoms with Gasteiger partial charge >= 0.3 is 6.03 Å². The van der Waals surface area contributed by atoms with Crippen LogP contribution in [0.5, 0.6) is 0 Å². The van der Waals surface area contributed by atoms with Gasteiger partial charge in [-0.3, -0.25) is 0 Å². The standard InChI is InChI=1S/C10H21N3O/c1-9(11-2)8-12-10(14)13-6-4-3-5-7-13/h9,11H,3-8H2,1-2H3,(H,12,14). The van der Waals surface area contributed by atoms with E-state index >= 15 is 0 Å². The van der Waals surface area contributed by atoms with E-state index in [0.29, 0.717) is 12.6 Å². The molecule has 1 atom stereocenters. The summed E-state index contributed by atoms with van der Waals surface area (Å²) in [7, 11) is 1.90. The average Bonchev–Trinajstić information content (AvgIpc) is 2.26. The lowest BCUT2D eigenvalue weighted by molar-refractivity contribution is 0.185. The molecule has 4 nitrogen and oxygen atoms in total. The number of nitrogens with zero attached hydrogens (tertiary/aromatic N) is 1. The van der Waals surface area contributed by atoms with Crippen LogP contribution in [0.25, 0.3) is 0 Å². The van der Waals surface area contributed by atoms with E-state index in [2.05, 4.69) is 17.6 Å². The molecule has 1 fully saturated rings. The maximum Gasteiger partial charge on any atom is 0.317 e. The fourth-order valence-electron chi connectivity index (χ4n) is 1.55. The van der Waals surface area contributed by atoms with E-state index in [1.807, 2.05) is 11.9 Å². The number of hydrogen-bond donors (Lipinski definition) is 2. The van der Waals surface area contributed by atoms with E-state index in [9.17, 15) is 4.79 Å². The lowest BCUT2D eigenvalue weighted by Gasteiger charge is -2.27. The Labute approximate surface area is 86.0 Å². The Morgan fingerprint density at radius 2 is 2.00 bits per heavy atom. The van der Waals surface area contributed by atoms with Gasteiger partial charge in [-0.15, -0.1) is 0 Å². The van der Waals surface area contributed by atoms with Crippen molar-refractivity contribution in [1.82, 2.24) is 15.5 Å². The van der Waals surface area contributed by atoms with E-state index in [1.54, 1.807) is 0 Å². The summed E-state index contributed by atoms with van der Waals surface area (Å²) in [4.78, 5) is 13.5. The summed E-state index contributed by atoms with van der Waals surface area (Å²) in [5, 5.41) is 6.02. The molecule has 82 valence electrons. The van der Waals surface area contributed by atoms with Gasteiger partial charge in [0.05, 0.1) is 0 Å².